The van der Waals surface area contributed by atoms with Crippen LogP contribution >= 0.6 is 0 Å². The highest BCUT2D eigenvalue weighted by molar-refractivity contribution is 5.96. The normalized spacial score (nSPS) is 10.1. The molecule has 1 rings (SSSR count). The quantitative estimate of drug-likeness (QED) is 0.721. The van der Waals surface area contributed by atoms with Crippen molar-refractivity contribution in [3.63, 3.8) is 0 Å². The molecular formula is C10H12FNO. The van der Waals surface area contributed by atoms with Crippen molar-refractivity contribution < 1.29 is 9.18 Å². The highest BCUT2D eigenvalue weighted by Gasteiger charge is 2.06. The third kappa shape index (κ3) is 2.63. The van der Waals surface area contributed by atoms with Gasteiger partial charge in [0.1, 0.15) is 5.82 Å². The van der Waals surface area contributed by atoms with Gasteiger partial charge < -0.3 is 5.73 Å². The number of nitrogens with two attached hydrogens (primary N) is 1. The zero-order chi connectivity index (χ0) is 9.84. The molecule has 2 N–H and O–H groups in total. The first-order valence-electron chi connectivity index (χ1n) is 4.14. The highest BCUT2D eigenvalue weighted by Crippen LogP contribution is 2.09. The number of halogens is 1. The van der Waals surface area contributed by atoms with Crippen LogP contribution in [0.4, 0.5) is 4.39 Å². The first-order chi connectivity index (χ1) is 6.13. The smallest absolute Gasteiger partial charge is 0.164 e. The number of aryl methyl sites for hydroxylation is 1. The molecule has 0 aliphatic carbocycles. The summed E-state index contributed by atoms with van der Waals surface area (Å²) in [5, 5.41) is 0. The van der Waals surface area contributed by atoms with Crippen molar-refractivity contribution in [2.75, 3.05) is 6.54 Å². The first-order valence-corrected chi connectivity index (χ1v) is 4.14. The van der Waals surface area contributed by atoms with E-state index in [2.05, 4.69) is 0 Å². The summed E-state index contributed by atoms with van der Waals surface area (Å²) in [5.41, 5.74) is 6.38. The molecule has 0 aliphatic heterocycles. The molecule has 0 atom stereocenters. The Morgan fingerprint density at radius 1 is 1.46 bits per heavy atom. The zero-order valence-electron chi connectivity index (χ0n) is 7.51. The molecule has 0 heterocycles. The number of rotatable bonds is 3. The molecular weight excluding hydrogens is 169 g/mol. The van der Waals surface area contributed by atoms with E-state index in [0.29, 0.717) is 12.1 Å². The van der Waals surface area contributed by atoms with E-state index in [-0.39, 0.29) is 18.0 Å². The molecule has 2 nitrogen and oxygen atoms in total. The molecule has 0 saturated carbocycles. The Bertz CT molecular complexity index is 302. The van der Waals surface area contributed by atoms with Gasteiger partial charge in [-0.2, -0.15) is 0 Å². The van der Waals surface area contributed by atoms with Gasteiger partial charge in [0.25, 0.3) is 0 Å². The van der Waals surface area contributed by atoms with E-state index in [1.54, 1.807) is 13.0 Å². The number of ketones is 1. The molecule has 0 aromatic heterocycles. The minimum absolute atomic E-state index is 0.106. The van der Waals surface area contributed by atoms with Crippen LogP contribution in [-0.2, 0) is 0 Å². The van der Waals surface area contributed by atoms with E-state index in [9.17, 15) is 9.18 Å². The van der Waals surface area contributed by atoms with Gasteiger partial charge in [0.2, 0.25) is 0 Å². The Morgan fingerprint density at radius 3 is 2.69 bits per heavy atom. The summed E-state index contributed by atoms with van der Waals surface area (Å²) in [6.07, 6.45) is 0.267. The van der Waals surface area contributed by atoms with Crippen molar-refractivity contribution in [2.24, 2.45) is 5.73 Å². The Morgan fingerprint density at radius 2 is 2.15 bits per heavy atom. The summed E-state index contributed by atoms with van der Waals surface area (Å²) in [6, 6.07) is 4.30. The van der Waals surface area contributed by atoms with E-state index >= 15 is 0 Å². The number of hydrogen-bond acceptors (Lipinski definition) is 2. The van der Waals surface area contributed by atoms with Gasteiger partial charge in [-0.3, -0.25) is 4.79 Å². The van der Waals surface area contributed by atoms with Gasteiger partial charge in [-0.1, -0.05) is 0 Å². The van der Waals surface area contributed by atoms with Crippen LogP contribution in [0.5, 0.6) is 0 Å². The van der Waals surface area contributed by atoms with Gasteiger partial charge in [-0.05, 0) is 37.2 Å². The largest absolute Gasteiger partial charge is 0.330 e. The maximum absolute atomic E-state index is 12.8. The minimum atomic E-state index is -0.375. The van der Waals surface area contributed by atoms with E-state index < -0.39 is 0 Å². The molecule has 13 heavy (non-hydrogen) atoms. The molecule has 0 fully saturated rings. The van der Waals surface area contributed by atoms with Gasteiger partial charge in [0, 0.05) is 12.0 Å². The summed E-state index contributed by atoms with van der Waals surface area (Å²) < 4.78 is 12.8. The predicted molar refractivity (Wildman–Crippen MR) is 49.1 cm³/mol. The number of Topliss-reactive ketones (excluding diaryl/α,β-unsaturated/α-hetero) is 1. The lowest BCUT2D eigenvalue weighted by Crippen LogP contribution is -2.08. The molecule has 0 bridgehead atoms. The van der Waals surface area contributed by atoms with E-state index in [4.69, 9.17) is 5.73 Å². The molecule has 0 amide bonds. The summed E-state index contributed by atoms with van der Waals surface area (Å²) in [6.45, 7) is 2.05. The monoisotopic (exact) mass is 181 g/mol. The minimum Gasteiger partial charge on any atom is -0.330 e. The lowest BCUT2D eigenvalue weighted by Gasteiger charge is -2.00. The van der Waals surface area contributed by atoms with Gasteiger partial charge in [-0.15, -0.1) is 0 Å². The summed E-state index contributed by atoms with van der Waals surface area (Å²) in [5.74, 6) is -0.481. The SMILES string of the molecule is Cc1cc(F)cc(C(=O)CCN)c1. The third-order valence-corrected chi connectivity index (χ3v) is 1.74. The standard InChI is InChI=1S/C10H12FNO/c1-7-4-8(6-9(11)5-7)10(13)2-3-12/h4-6H,2-3,12H2,1H3. The molecule has 70 valence electrons. The van der Waals surface area contributed by atoms with Gasteiger partial charge in [-0.25, -0.2) is 4.39 Å². The van der Waals surface area contributed by atoms with Crippen LogP contribution in [0.15, 0.2) is 18.2 Å². The summed E-state index contributed by atoms with van der Waals surface area (Å²) in [4.78, 5) is 11.3. The Labute approximate surface area is 76.6 Å². The van der Waals surface area contributed by atoms with Gasteiger partial charge >= 0.3 is 0 Å². The van der Waals surface area contributed by atoms with Crippen molar-refractivity contribution in [2.45, 2.75) is 13.3 Å². The van der Waals surface area contributed by atoms with Crippen LogP contribution in [0.25, 0.3) is 0 Å². The lowest BCUT2D eigenvalue weighted by atomic mass is 10.1. The molecule has 1 aromatic rings. The average Bonchev–Trinajstić information content (AvgIpc) is 2.03. The number of carbonyl (C=O) groups excluding carboxylic acids is 1. The highest BCUT2D eigenvalue weighted by atomic mass is 19.1. The van der Waals surface area contributed by atoms with Crippen molar-refractivity contribution in [1.82, 2.24) is 0 Å². The van der Waals surface area contributed by atoms with Gasteiger partial charge in [0.05, 0.1) is 0 Å². The van der Waals surface area contributed by atoms with Crippen LogP contribution in [0.1, 0.15) is 22.3 Å². The number of hydrogen-bond donors (Lipinski definition) is 1. The molecule has 1 aromatic carbocycles. The summed E-state index contributed by atoms with van der Waals surface area (Å²) in [7, 11) is 0. The van der Waals surface area contributed by atoms with Crippen molar-refractivity contribution >= 4 is 5.78 Å². The lowest BCUT2D eigenvalue weighted by molar-refractivity contribution is 0.0985. The molecule has 3 heteroatoms. The Balaban J connectivity index is 2.94. The first kappa shape index (κ1) is 9.86. The van der Waals surface area contributed by atoms with Gasteiger partial charge in [0.15, 0.2) is 5.78 Å². The second-order valence-electron chi connectivity index (χ2n) is 2.98. The van der Waals surface area contributed by atoms with Crippen molar-refractivity contribution in [1.29, 1.82) is 0 Å². The maximum atomic E-state index is 12.8. The molecule has 0 aliphatic rings. The van der Waals surface area contributed by atoms with Crippen LogP contribution < -0.4 is 5.73 Å². The fourth-order valence-electron chi connectivity index (χ4n) is 1.17. The van der Waals surface area contributed by atoms with Crippen molar-refractivity contribution in [3.8, 4) is 0 Å². The second kappa shape index (κ2) is 4.14. The molecule has 0 spiro atoms. The van der Waals surface area contributed by atoms with E-state index in [1.165, 1.54) is 12.1 Å². The van der Waals surface area contributed by atoms with Crippen LogP contribution in [0.3, 0.4) is 0 Å². The zero-order valence-corrected chi connectivity index (χ0v) is 7.51. The second-order valence-corrected chi connectivity index (χ2v) is 2.98. The fourth-order valence-corrected chi connectivity index (χ4v) is 1.17. The van der Waals surface area contributed by atoms with E-state index in [0.717, 1.165) is 5.56 Å². The summed E-state index contributed by atoms with van der Waals surface area (Å²) >= 11 is 0. The van der Waals surface area contributed by atoms with E-state index in [1.807, 2.05) is 0 Å². The fraction of sp³-hybridized carbons (Fsp3) is 0.300. The average molecular weight is 181 g/mol. The van der Waals surface area contributed by atoms with Crippen molar-refractivity contribution in [3.05, 3.63) is 35.1 Å². The topological polar surface area (TPSA) is 43.1 Å². The Hall–Kier alpha value is -1.22. The van der Waals surface area contributed by atoms with Crippen LogP contribution in [0, 0.1) is 12.7 Å². The number of benzene rings is 1. The molecule has 0 saturated heterocycles. The third-order valence-electron chi connectivity index (χ3n) is 1.74. The van der Waals surface area contributed by atoms with Crippen LogP contribution in [-0.4, -0.2) is 12.3 Å². The van der Waals surface area contributed by atoms with Crippen LogP contribution in [0.2, 0.25) is 0 Å². The predicted octanol–water partition coefficient (Wildman–Crippen LogP) is 1.67. The Kier molecular flexibility index (Phi) is 3.14. The number of carbonyl (C=O) groups is 1. The maximum Gasteiger partial charge on any atom is 0.164 e. The molecule has 0 unspecified atom stereocenters. The molecule has 0 radical (unpaired) electrons.